The molecule has 0 unspecified atom stereocenters. The number of nitrogens with one attached hydrogen (secondary N) is 2. The average molecular weight is 358 g/mol. The van der Waals surface area contributed by atoms with Gasteiger partial charge in [-0.25, -0.2) is 4.39 Å². The molecule has 4 N–H and O–H groups in total. The minimum absolute atomic E-state index is 0. The van der Waals surface area contributed by atoms with E-state index >= 15 is 0 Å². The van der Waals surface area contributed by atoms with Crippen LogP contribution in [0.4, 0.5) is 31.5 Å². The fraction of sp³-hybridized carbons (Fsp3) is 0.294. The van der Waals surface area contributed by atoms with Gasteiger partial charge in [0.05, 0.1) is 16.3 Å². The van der Waals surface area contributed by atoms with Crippen molar-refractivity contribution in [3.05, 3.63) is 58.1 Å². The zero-order chi connectivity index (χ0) is 16.7. The number of anilines is 3. The molecule has 142 valence electrons. The molecule has 0 aliphatic heterocycles. The van der Waals surface area contributed by atoms with Crippen LogP contribution in [0.25, 0.3) is 0 Å². The van der Waals surface area contributed by atoms with Crippen LogP contribution < -0.4 is 16.4 Å². The van der Waals surface area contributed by atoms with Crippen molar-refractivity contribution in [2.24, 2.45) is 0 Å². The molecule has 0 aliphatic rings. The van der Waals surface area contributed by atoms with E-state index in [0.29, 0.717) is 5.69 Å². The highest BCUT2D eigenvalue weighted by Gasteiger charge is 2.18. The highest BCUT2D eigenvalue weighted by molar-refractivity contribution is 5.66. The molecule has 2 aromatic carbocycles. The van der Waals surface area contributed by atoms with Crippen molar-refractivity contribution in [2.75, 3.05) is 30.5 Å². The molecule has 2 rings (SSSR count). The Morgan fingerprint density at radius 3 is 1.72 bits per heavy atom. The number of nitrogen functional groups attached to an aromatic ring is 1. The van der Waals surface area contributed by atoms with Crippen molar-refractivity contribution < 1.29 is 13.7 Å². The molecule has 0 heterocycles. The van der Waals surface area contributed by atoms with Crippen molar-refractivity contribution in [3.8, 4) is 0 Å². The Labute approximate surface area is 148 Å². The van der Waals surface area contributed by atoms with Gasteiger partial charge in [0.25, 0.3) is 0 Å². The van der Waals surface area contributed by atoms with Gasteiger partial charge < -0.3 is 16.4 Å². The van der Waals surface area contributed by atoms with Crippen LogP contribution in [0, 0.1) is 21.7 Å². The quantitative estimate of drug-likeness (QED) is 0.401. The first-order valence-electron chi connectivity index (χ1n) is 6.24. The maximum atomic E-state index is 12.8. The number of nitrogens with zero attached hydrogens (tertiary/aromatic N) is 1. The van der Waals surface area contributed by atoms with Crippen molar-refractivity contribution in [1.82, 2.24) is 0 Å². The van der Waals surface area contributed by atoms with Crippen molar-refractivity contribution >= 4 is 22.7 Å². The zero-order valence-corrected chi connectivity index (χ0v) is 12.1. The molecule has 6 nitrogen and oxygen atoms in total. The van der Waals surface area contributed by atoms with Crippen LogP contribution in [0.15, 0.2) is 36.4 Å². The van der Waals surface area contributed by atoms with Gasteiger partial charge in [0, 0.05) is 14.1 Å². The topological polar surface area (TPSA) is 93.2 Å². The van der Waals surface area contributed by atoms with Crippen molar-refractivity contribution in [1.29, 1.82) is 0 Å². The summed E-state index contributed by atoms with van der Waals surface area (Å²) in [5, 5.41) is 15.6. The third kappa shape index (κ3) is 7.03. The minimum atomic E-state index is -0.827. The van der Waals surface area contributed by atoms with Crippen LogP contribution in [-0.2, 0) is 0 Å². The molecule has 0 saturated carbocycles. The Morgan fingerprint density at radius 2 is 1.36 bits per heavy atom. The maximum Gasteiger partial charge on any atom is 0.327 e. The molecule has 0 radical (unpaired) electrons. The summed E-state index contributed by atoms with van der Waals surface area (Å²) in [4.78, 5) is 9.58. The third-order valence-corrected chi connectivity index (χ3v) is 2.76. The first kappa shape index (κ1) is 27.0. The van der Waals surface area contributed by atoms with Crippen LogP contribution in [0.5, 0.6) is 0 Å². The number of benzene rings is 2. The molecule has 0 bridgehead atoms. The highest BCUT2D eigenvalue weighted by Crippen LogP contribution is 2.26. The SMILES string of the molecule is C.C.C.CNc1cccc(F)c1N.CNc1cccc(F)c1[N+](=O)[O-]. The van der Waals surface area contributed by atoms with Gasteiger partial charge in [-0.2, -0.15) is 4.39 Å². The van der Waals surface area contributed by atoms with Crippen LogP contribution in [0.2, 0.25) is 0 Å². The summed E-state index contributed by atoms with van der Waals surface area (Å²) in [5.74, 6) is -1.21. The predicted molar refractivity (Wildman–Crippen MR) is 103 cm³/mol. The highest BCUT2D eigenvalue weighted by atomic mass is 19.1. The lowest BCUT2D eigenvalue weighted by molar-refractivity contribution is -0.386. The van der Waals surface area contributed by atoms with E-state index in [9.17, 15) is 18.9 Å². The van der Waals surface area contributed by atoms with Gasteiger partial charge in [0.2, 0.25) is 5.82 Å². The smallest absolute Gasteiger partial charge is 0.327 e. The fourth-order valence-electron chi connectivity index (χ4n) is 1.66. The van der Waals surface area contributed by atoms with Crippen LogP contribution in [0.3, 0.4) is 0 Å². The van der Waals surface area contributed by atoms with Crippen LogP contribution in [0.1, 0.15) is 22.3 Å². The second-order valence-electron chi connectivity index (χ2n) is 4.09. The van der Waals surface area contributed by atoms with Gasteiger partial charge in [0.15, 0.2) is 0 Å². The van der Waals surface area contributed by atoms with E-state index < -0.39 is 16.4 Å². The molecular formula is C17H28F2N4O2. The second-order valence-corrected chi connectivity index (χ2v) is 4.09. The lowest BCUT2D eigenvalue weighted by Crippen LogP contribution is -1.98. The van der Waals surface area contributed by atoms with E-state index in [-0.39, 0.29) is 39.5 Å². The summed E-state index contributed by atoms with van der Waals surface area (Å²) in [6.07, 6.45) is 0. The third-order valence-electron chi connectivity index (χ3n) is 2.76. The van der Waals surface area contributed by atoms with Crippen LogP contribution in [-0.4, -0.2) is 19.0 Å². The molecule has 0 spiro atoms. The second kappa shape index (κ2) is 12.5. The lowest BCUT2D eigenvalue weighted by Gasteiger charge is -2.03. The molecule has 0 saturated heterocycles. The molecule has 2 aromatic rings. The summed E-state index contributed by atoms with van der Waals surface area (Å²) in [6, 6.07) is 8.57. The predicted octanol–water partition coefficient (Wildman–Crippen LogP) is 5.13. The van der Waals surface area contributed by atoms with Gasteiger partial charge >= 0.3 is 5.69 Å². The normalized spacial score (nSPS) is 8.32. The van der Waals surface area contributed by atoms with Gasteiger partial charge in [-0.1, -0.05) is 34.4 Å². The number of nitro groups is 1. The van der Waals surface area contributed by atoms with E-state index in [1.165, 1.54) is 25.2 Å². The number of nitrogens with two attached hydrogens (primary N) is 1. The first-order chi connectivity index (χ1) is 10.4. The molecule has 0 aliphatic carbocycles. The molecule has 0 aromatic heterocycles. The first-order valence-corrected chi connectivity index (χ1v) is 6.24. The Morgan fingerprint density at radius 1 is 0.920 bits per heavy atom. The molecule has 25 heavy (non-hydrogen) atoms. The van der Waals surface area contributed by atoms with E-state index in [0.717, 1.165) is 6.07 Å². The van der Waals surface area contributed by atoms with Gasteiger partial charge in [-0.15, -0.1) is 0 Å². The average Bonchev–Trinajstić information content (AvgIpc) is 2.50. The standard InChI is InChI=1S/C7H7FN2O2.C7H9FN2.3CH4/c1-9-6-4-2-3-5(8)7(6)10(11)12;1-10-6-4-2-3-5(8)7(6)9;;;/h2-4,9H,1H3;2-4,10H,9H2,1H3;3*1H4. The largest absolute Gasteiger partial charge is 0.395 e. The van der Waals surface area contributed by atoms with Gasteiger partial charge in [0.1, 0.15) is 11.5 Å². The van der Waals surface area contributed by atoms with Gasteiger partial charge in [-0.3, -0.25) is 10.1 Å². The number of rotatable bonds is 3. The Kier molecular flexibility index (Phi) is 13.5. The Balaban J connectivity index is -0.000000350. The van der Waals surface area contributed by atoms with E-state index in [1.54, 1.807) is 19.2 Å². The zero-order valence-electron chi connectivity index (χ0n) is 12.1. The monoisotopic (exact) mass is 358 g/mol. The van der Waals surface area contributed by atoms with E-state index in [2.05, 4.69) is 10.6 Å². The molecule has 8 heteroatoms. The van der Waals surface area contributed by atoms with Crippen molar-refractivity contribution in [2.45, 2.75) is 22.3 Å². The maximum absolute atomic E-state index is 12.8. The number of halogens is 2. The summed E-state index contributed by atoms with van der Waals surface area (Å²) in [6.45, 7) is 0. The van der Waals surface area contributed by atoms with Gasteiger partial charge in [-0.05, 0) is 24.3 Å². The Hall–Kier alpha value is -2.90. The van der Waals surface area contributed by atoms with Crippen molar-refractivity contribution in [3.63, 3.8) is 0 Å². The molecular weight excluding hydrogens is 330 g/mol. The summed E-state index contributed by atoms with van der Waals surface area (Å²) < 4.78 is 25.4. The number of hydrogen-bond acceptors (Lipinski definition) is 5. The molecule has 0 fully saturated rings. The summed E-state index contributed by atoms with van der Waals surface area (Å²) >= 11 is 0. The Bertz CT molecular complexity index is 667. The number of nitro benzene ring substituents is 1. The lowest BCUT2D eigenvalue weighted by atomic mass is 10.2. The molecule has 0 amide bonds. The summed E-state index contributed by atoms with van der Waals surface area (Å²) in [7, 11) is 3.20. The molecule has 0 atom stereocenters. The number of para-hydroxylation sites is 2. The van der Waals surface area contributed by atoms with E-state index in [4.69, 9.17) is 5.73 Å². The minimum Gasteiger partial charge on any atom is -0.395 e. The summed E-state index contributed by atoms with van der Waals surface area (Å²) in [5.41, 5.74) is 5.82. The van der Waals surface area contributed by atoms with Crippen LogP contribution >= 0.6 is 0 Å². The van der Waals surface area contributed by atoms with E-state index in [1.807, 2.05) is 0 Å². The fourth-order valence-corrected chi connectivity index (χ4v) is 1.66. The number of hydrogen-bond donors (Lipinski definition) is 3.